The molecule has 5 heteroatoms. The normalized spacial score (nSPS) is 11.9. The predicted octanol–water partition coefficient (Wildman–Crippen LogP) is 3.10. The lowest BCUT2D eigenvalue weighted by molar-refractivity contribution is -0.117. The summed E-state index contributed by atoms with van der Waals surface area (Å²) in [6.45, 7) is 0. The lowest BCUT2D eigenvalue weighted by Crippen LogP contribution is -2.37. The monoisotopic (exact) mass is 336 g/mol. The number of nitrogens with two attached hydrogens (primary N) is 1. The minimum absolute atomic E-state index is 0.127. The third-order valence-corrected chi connectivity index (χ3v) is 3.32. The molecular formula is C15H14BrFN2O. The van der Waals surface area contributed by atoms with Crippen molar-refractivity contribution in [2.75, 3.05) is 5.32 Å². The van der Waals surface area contributed by atoms with Gasteiger partial charge in [0.15, 0.2) is 0 Å². The number of amides is 1. The summed E-state index contributed by atoms with van der Waals surface area (Å²) in [6, 6.07) is 13.2. The summed E-state index contributed by atoms with van der Waals surface area (Å²) >= 11 is 3.16. The fourth-order valence-electron chi connectivity index (χ4n) is 1.78. The van der Waals surface area contributed by atoms with E-state index in [1.807, 2.05) is 30.3 Å². The van der Waals surface area contributed by atoms with Crippen LogP contribution in [0.4, 0.5) is 10.1 Å². The smallest absolute Gasteiger partial charge is 0.241 e. The first-order valence-corrected chi connectivity index (χ1v) is 6.91. The SMILES string of the molecule is NC(Cc1ccccc1)C(=O)Nc1ccc(Br)cc1F. The Labute approximate surface area is 125 Å². The first-order chi connectivity index (χ1) is 9.56. The number of anilines is 1. The molecule has 0 saturated heterocycles. The number of nitrogens with one attached hydrogen (secondary N) is 1. The van der Waals surface area contributed by atoms with Crippen LogP contribution in [0.1, 0.15) is 5.56 Å². The lowest BCUT2D eigenvalue weighted by Gasteiger charge is -2.13. The number of carbonyl (C=O) groups is 1. The lowest BCUT2D eigenvalue weighted by atomic mass is 10.1. The van der Waals surface area contributed by atoms with Crippen molar-refractivity contribution in [2.24, 2.45) is 5.73 Å². The van der Waals surface area contributed by atoms with Crippen LogP contribution in [0.5, 0.6) is 0 Å². The second kappa shape index (κ2) is 6.63. The zero-order valence-corrected chi connectivity index (χ0v) is 12.2. The first kappa shape index (κ1) is 14.7. The summed E-state index contributed by atoms with van der Waals surface area (Å²) in [5, 5.41) is 2.50. The molecule has 0 aliphatic heterocycles. The summed E-state index contributed by atoms with van der Waals surface area (Å²) in [7, 11) is 0. The second-order valence-electron chi connectivity index (χ2n) is 4.41. The van der Waals surface area contributed by atoms with E-state index < -0.39 is 17.8 Å². The van der Waals surface area contributed by atoms with Crippen LogP contribution in [0, 0.1) is 5.82 Å². The van der Waals surface area contributed by atoms with Gasteiger partial charge in [0.25, 0.3) is 0 Å². The number of benzene rings is 2. The maximum absolute atomic E-state index is 13.6. The molecule has 1 amide bonds. The Bertz CT molecular complexity index is 604. The van der Waals surface area contributed by atoms with E-state index in [-0.39, 0.29) is 5.69 Å². The topological polar surface area (TPSA) is 55.1 Å². The van der Waals surface area contributed by atoms with Crippen molar-refractivity contribution >= 4 is 27.5 Å². The van der Waals surface area contributed by atoms with E-state index >= 15 is 0 Å². The highest BCUT2D eigenvalue weighted by molar-refractivity contribution is 9.10. The molecule has 0 aliphatic rings. The highest BCUT2D eigenvalue weighted by Gasteiger charge is 2.15. The Morgan fingerprint density at radius 1 is 1.25 bits per heavy atom. The van der Waals surface area contributed by atoms with E-state index in [9.17, 15) is 9.18 Å². The molecule has 0 heterocycles. The van der Waals surface area contributed by atoms with Crippen LogP contribution in [0.3, 0.4) is 0 Å². The maximum atomic E-state index is 13.6. The molecule has 1 unspecified atom stereocenters. The van der Waals surface area contributed by atoms with Crippen LogP contribution in [0.2, 0.25) is 0 Å². The van der Waals surface area contributed by atoms with Crippen LogP contribution < -0.4 is 11.1 Å². The first-order valence-electron chi connectivity index (χ1n) is 6.11. The molecule has 0 aromatic heterocycles. The predicted molar refractivity (Wildman–Crippen MR) is 80.9 cm³/mol. The Kier molecular flexibility index (Phi) is 4.87. The van der Waals surface area contributed by atoms with Gasteiger partial charge in [-0.3, -0.25) is 4.79 Å². The molecule has 0 fully saturated rings. The molecule has 1 atom stereocenters. The summed E-state index contributed by atoms with van der Waals surface area (Å²) in [4.78, 5) is 11.9. The molecule has 3 N–H and O–H groups in total. The van der Waals surface area contributed by atoms with Crippen LogP contribution in [0.15, 0.2) is 53.0 Å². The maximum Gasteiger partial charge on any atom is 0.241 e. The fourth-order valence-corrected chi connectivity index (χ4v) is 2.11. The van der Waals surface area contributed by atoms with E-state index in [1.165, 1.54) is 12.1 Å². The van der Waals surface area contributed by atoms with Crippen molar-refractivity contribution in [1.29, 1.82) is 0 Å². The summed E-state index contributed by atoms with van der Waals surface area (Å²) in [5.41, 5.74) is 6.92. The fraction of sp³-hybridized carbons (Fsp3) is 0.133. The van der Waals surface area contributed by atoms with Gasteiger partial charge in [-0.25, -0.2) is 4.39 Å². The third-order valence-electron chi connectivity index (χ3n) is 2.82. The Morgan fingerprint density at radius 2 is 1.95 bits per heavy atom. The van der Waals surface area contributed by atoms with Gasteiger partial charge in [-0.2, -0.15) is 0 Å². The van der Waals surface area contributed by atoms with Gasteiger partial charge in [0.2, 0.25) is 5.91 Å². The van der Waals surface area contributed by atoms with Crippen molar-refractivity contribution in [3.05, 3.63) is 64.4 Å². The quantitative estimate of drug-likeness (QED) is 0.901. The van der Waals surface area contributed by atoms with Crippen molar-refractivity contribution in [1.82, 2.24) is 0 Å². The number of hydrogen-bond acceptors (Lipinski definition) is 2. The Morgan fingerprint density at radius 3 is 2.60 bits per heavy atom. The zero-order valence-electron chi connectivity index (χ0n) is 10.6. The summed E-state index contributed by atoms with van der Waals surface area (Å²) in [6.07, 6.45) is 0.408. The minimum Gasteiger partial charge on any atom is -0.322 e. The average molecular weight is 337 g/mol. The van der Waals surface area contributed by atoms with Gasteiger partial charge >= 0.3 is 0 Å². The molecule has 20 heavy (non-hydrogen) atoms. The van der Waals surface area contributed by atoms with Crippen molar-refractivity contribution < 1.29 is 9.18 Å². The van der Waals surface area contributed by atoms with E-state index in [4.69, 9.17) is 5.73 Å². The van der Waals surface area contributed by atoms with Crippen molar-refractivity contribution in [3.63, 3.8) is 0 Å². The van der Waals surface area contributed by atoms with Crippen LogP contribution >= 0.6 is 15.9 Å². The van der Waals surface area contributed by atoms with E-state index in [0.717, 1.165) is 5.56 Å². The van der Waals surface area contributed by atoms with Crippen molar-refractivity contribution in [2.45, 2.75) is 12.5 Å². The number of hydrogen-bond donors (Lipinski definition) is 2. The van der Waals surface area contributed by atoms with Gasteiger partial charge in [-0.05, 0) is 30.2 Å². The van der Waals surface area contributed by atoms with Crippen molar-refractivity contribution in [3.8, 4) is 0 Å². The molecule has 3 nitrogen and oxygen atoms in total. The molecule has 104 valence electrons. The van der Waals surface area contributed by atoms with Gasteiger partial charge in [0.1, 0.15) is 5.82 Å². The van der Waals surface area contributed by atoms with Gasteiger partial charge in [-0.1, -0.05) is 46.3 Å². The average Bonchev–Trinajstić information content (AvgIpc) is 2.43. The molecular weight excluding hydrogens is 323 g/mol. The standard InChI is InChI=1S/C15H14BrFN2O/c16-11-6-7-14(12(17)9-11)19-15(20)13(18)8-10-4-2-1-3-5-10/h1-7,9,13H,8,18H2,(H,19,20). The molecule has 0 radical (unpaired) electrons. The highest BCUT2D eigenvalue weighted by atomic mass is 79.9. The largest absolute Gasteiger partial charge is 0.322 e. The number of carbonyl (C=O) groups excluding carboxylic acids is 1. The summed E-state index contributed by atoms with van der Waals surface area (Å²) < 4.78 is 14.2. The molecule has 0 spiro atoms. The molecule has 2 rings (SSSR count). The Balaban J connectivity index is 2.01. The Hall–Kier alpha value is -1.72. The minimum atomic E-state index is -0.722. The van der Waals surface area contributed by atoms with Crippen LogP contribution in [-0.2, 0) is 11.2 Å². The van der Waals surface area contributed by atoms with Gasteiger partial charge in [0.05, 0.1) is 11.7 Å². The third kappa shape index (κ3) is 3.88. The van der Waals surface area contributed by atoms with E-state index in [2.05, 4.69) is 21.2 Å². The van der Waals surface area contributed by atoms with Crippen LogP contribution in [-0.4, -0.2) is 11.9 Å². The number of rotatable bonds is 4. The highest BCUT2D eigenvalue weighted by Crippen LogP contribution is 2.19. The second-order valence-corrected chi connectivity index (χ2v) is 5.33. The van der Waals surface area contributed by atoms with Gasteiger partial charge in [-0.15, -0.1) is 0 Å². The van der Waals surface area contributed by atoms with Crippen LogP contribution in [0.25, 0.3) is 0 Å². The zero-order chi connectivity index (χ0) is 14.5. The van der Waals surface area contributed by atoms with E-state index in [1.54, 1.807) is 6.07 Å². The molecule has 0 bridgehead atoms. The van der Waals surface area contributed by atoms with Gasteiger partial charge in [0, 0.05) is 4.47 Å². The van der Waals surface area contributed by atoms with Gasteiger partial charge < -0.3 is 11.1 Å². The van der Waals surface area contributed by atoms with E-state index in [0.29, 0.717) is 10.9 Å². The molecule has 0 saturated carbocycles. The summed E-state index contributed by atoms with van der Waals surface area (Å²) in [5.74, 6) is -0.908. The molecule has 0 aliphatic carbocycles. The molecule has 2 aromatic carbocycles. The number of halogens is 2. The molecule has 2 aromatic rings.